The van der Waals surface area contributed by atoms with Crippen molar-refractivity contribution in [1.29, 1.82) is 0 Å². The molecule has 0 fully saturated rings. The summed E-state index contributed by atoms with van der Waals surface area (Å²) < 4.78 is 38.9. The van der Waals surface area contributed by atoms with Crippen LogP contribution in [0.2, 0.25) is 0 Å². The van der Waals surface area contributed by atoms with Gasteiger partial charge in [0.2, 0.25) is 0 Å². The van der Waals surface area contributed by atoms with Gasteiger partial charge in [0.15, 0.2) is 0 Å². The highest BCUT2D eigenvalue weighted by molar-refractivity contribution is 6.04. The molecule has 1 aromatic carbocycles. The molecule has 0 unspecified atom stereocenters. The summed E-state index contributed by atoms with van der Waals surface area (Å²) in [4.78, 5) is 13.5. The number of anilines is 1. The molecule has 2 nitrogen and oxygen atoms in total. The summed E-state index contributed by atoms with van der Waals surface area (Å²) >= 11 is 0. The largest absolute Gasteiger partial charge is 0.454 e. The van der Waals surface area contributed by atoms with E-state index >= 15 is 0 Å². The second-order valence-electron chi connectivity index (χ2n) is 5.13. The number of rotatable bonds is 5. The van der Waals surface area contributed by atoms with Crippen LogP contribution in [0.25, 0.3) is 0 Å². The quantitative estimate of drug-likeness (QED) is 0.726. The smallest absolute Gasteiger partial charge is 0.348 e. The number of Topliss-reactive ketones (excluding diaryl/α,β-unsaturated/α-hetero) is 1. The molecule has 23 heavy (non-hydrogen) atoms. The van der Waals surface area contributed by atoms with Crippen molar-refractivity contribution in [3.63, 3.8) is 0 Å². The molecule has 1 aromatic rings. The van der Waals surface area contributed by atoms with Crippen LogP contribution in [0.4, 0.5) is 18.9 Å². The van der Waals surface area contributed by atoms with Crippen molar-refractivity contribution in [2.75, 3.05) is 11.4 Å². The minimum absolute atomic E-state index is 0.320. The van der Waals surface area contributed by atoms with E-state index in [1.807, 2.05) is 13.0 Å². The standard InChI is InChI=1S/C18H18F3NO/c1-2-22(15-11-7-4-8-12-15)13-16(17(23)18(19,20)21)14-9-5-3-6-10-14/h4-5,7-13H,2-3,6H2,1H3/b16-13-. The van der Waals surface area contributed by atoms with Gasteiger partial charge in [-0.3, -0.25) is 4.79 Å². The molecule has 5 heteroatoms. The summed E-state index contributed by atoms with van der Waals surface area (Å²) in [7, 11) is 0. The lowest BCUT2D eigenvalue weighted by atomic mass is 9.96. The van der Waals surface area contributed by atoms with Gasteiger partial charge in [-0.25, -0.2) is 0 Å². The number of carbonyl (C=O) groups excluding carboxylic acids is 1. The van der Waals surface area contributed by atoms with E-state index in [1.165, 1.54) is 6.20 Å². The van der Waals surface area contributed by atoms with Gasteiger partial charge < -0.3 is 4.90 Å². The Morgan fingerprint density at radius 1 is 1.22 bits per heavy atom. The van der Waals surface area contributed by atoms with E-state index in [1.54, 1.807) is 47.4 Å². The van der Waals surface area contributed by atoms with Gasteiger partial charge in [-0.05, 0) is 37.5 Å². The van der Waals surface area contributed by atoms with E-state index < -0.39 is 12.0 Å². The first kappa shape index (κ1) is 17.1. The molecule has 0 saturated carbocycles. The SMILES string of the molecule is CCN(/C=C(\C(=O)C(F)(F)F)C1=CCCC=C1)c1ccccc1. The van der Waals surface area contributed by atoms with Crippen molar-refractivity contribution in [2.24, 2.45) is 0 Å². The minimum atomic E-state index is -4.89. The van der Waals surface area contributed by atoms with Gasteiger partial charge in [0.05, 0.1) is 5.57 Å². The lowest BCUT2D eigenvalue weighted by Gasteiger charge is -2.22. The molecule has 2 rings (SSSR count). The van der Waals surface area contributed by atoms with Crippen LogP contribution >= 0.6 is 0 Å². The molecule has 0 spiro atoms. The Hall–Kier alpha value is -2.30. The Morgan fingerprint density at radius 2 is 1.91 bits per heavy atom. The zero-order valence-corrected chi connectivity index (χ0v) is 12.8. The highest BCUT2D eigenvalue weighted by Crippen LogP contribution is 2.29. The van der Waals surface area contributed by atoms with Gasteiger partial charge in [0, 0.05) is 18.4 Å². The van der Waals surface area contributed by atoms with Gasteiger partial charge >= 0.3 is 6.18 Å². The van der Waals surface area contributed by atoms with E-state index in [0.29, 0.717) is 18.5 Å². The molecular weight excluding hydrogens is 303 g/mol. The third-order valence-corrected chi connectivity index (χ3v) is 3.52. The Morgan fingerprint density at radius 3 is 2.43 bits per heavy atom. The van der Waals surface area contributed by atoms with Gasteiger partial charge in [-0.1, -0.05) is 36.4 Å². The highest BCUT2D eigenvalue weighted by atomic mass is 19.4. The monoisotopic (exact) mass is 321 g/mol. The second-order valence-corrected chi connectivity index (χ2v) is 5.13. The number of para-hydroxylation sites is 1. The van der Waals surface area contributed by atoms with Crippen LogP contribution in [0.15, 0.2) is 65.9 Å². The lowest BCUT2D eigenvalue weighted by Crippen LogP contribution is -2.28. The molecule has 1 aliphatic carbocycles. The van der Waals surface area contributed by atoms with Crippen LogP contribution in [0.5, 0.6) is 0 Å². The van der Waals surface area contributed by atoms with E-state index in [4.69, 9.17) is 0 Å². The summed E-state index contributed by atoms with van der Waals surface area (Å²) in [5.41, 5.74) is 0.745. The van der Waals surface area contributed by atoms with Crippen molar-refractivity contribution in [3.05, 3.63) is 65.9 Å². The number of hydrogen-bond donors (Lipinski definition) is 0. The summed E-state index contributed by atoms with van der Waals surface area (Å²) in [5, 5.41) is 0. The molecule has 0 atom stereocenters. The summed E-state index contributed by atoms with van der Waals surface area (Å²) in [6.07, 6.45) is 2.84. The van der Waals surface area contributed by atoms with Crippen molar-refractivity contribution in [3.8, 4) is 0 Å². The van der Waals surface area contributed by atoms with Gasteiger partial charge in [0.1, 0.15) is 0 Å². The van der Waals surface area contributed by atoms with Crippen LogP contribution in [0, 0.1) is 0 Å². The van der Waals surface area contributed by atoms with E-state index in [2.05, 4.69) is 0 Å². The Labute approximate surface area is 133 Å². The number of carbonyl (C=O) groups is 1. The van der Waals surface area contributed by atoms with Crippen molar-refractivity contribution < 1.29 is 18.0 Å². The first-order valence-electron chi connectivity index (χ1n) is 7.45. The summed E-state index contributed by atoms with van der Waals surface area (Å²) in [5.74, 6) is -1.82. The normalized spacial score (nSPS) is 15.3. The average molecular weight is 321 g/mol. The third kappa shape index (κ3) is 4.34. The summed E-state index contributed by atoms with van der Waals surface area (Å²) in [6, 6.07) is 9.02. The van der Waals surface area contributed by atoms with E-state index in [9.17, 15) is 18.0 Å². The number of ketones is 1. The number of benzene rings is 1. The van der Waals surface area contributed by atoms with Gasteiger partial charge in [-0.15, -0.1) is 0 Å². The molecule has 0 radical (unpaired) electrons. The molecule has 0 bridgehead atoms. The molecule has 0 aromatic heterocycles. The molecule has 0 aliphatic heterocycles. The maximum atomic E-state index is 13.0. The summed E-state index contributed by atoms with van der Waals surface area (Å²) in [6.45, 7) is 2.28. The van der Waals surface area contributed by atoms with Crippen LogP contribution in [-0.4, -0.2) is 18.5 Å². The maximum absolute atomic E-state index is 13.0. The molecule has 0 saturated heterocycles. The number of alkyl halides is 3. The molecule has 122 valence electrons. The highest BCUT2D eigenvalue weighted by Gasteiger charge is 2.41. The van der Waals surface area contributed by atoms with Crippen molar-refractivity contribution >= 4 is 11.5 Å². The number of nitrogens with zero attached hydrogens (tertiary/aromatic N) is 1. The average Bonchev–Trinajstić information content (AvgIpc) is 2.56. The molecule has 1 aliphatic rings. The first-order valence-corrected chi connectivity index (χ1v) is 7.45. The maximum Gasteiger partial charge on any atom is 0.454 e. The zero-order valence-electron chi connectivity index (χ0n) is 12.8. The number of halogens is 3. The van der Waals surface area contributed by atoms with E-state index in [0.717, 1.165) is 12.1 Å². The number of hydrogen-bond acceptors (Lipinski definition) is 2. The fraction of sp³-hybridized carbons (Fsp3) is 0.278. The molecule has 0 heterocycles. The molecule has 0 N–H and O–H groups in total. The zero-order chi connectivity index (χ0) is 16.9. The minimum Gasteiger partial charge on any atom is -0.348 e. The third-order valence-electron chi connectivity index (χ3n) is 3.52. The van der Waals surface area contributed by atoms with Crippen LogP contribution in [-0.2, 0) is 4.79 Å². The molecular formula is C18H18F3NO. The fourth-order valence-corrected chi connectivity index (χ4v) is 2.35. The van der Waals surface area contributed by atoms with Crippen LogP contribution in [0.1, 0.15) is 19.8 Å². The van der Waals surface area contributed by atoms with Crippen LogP contribution in [0.3, 0.4) is 0 Å². The Bertz CT molecular complexity index is 642. The molecule has 0 amide bonds. The van der Waals surface area contributed by atoms with Gasteiger partial charge in [0.25, 0.3) is 5.78 Å². The lowest BCUT2D eigenvalue weighted by molar-refractivity contribution is -0.166. The fourth-order valence-electron chi connectivity index (χ4n) is 2.35. The Kier molecular flexibility index (Phi) is 5.42. The van der Waals surface area contributed by atoms with Crippen molar-refractivity contribution in [2.45, 2.75) is 25.9 Å². The Balaban J connectivity index is 2.45. The number of allylic oxidation sites excluding steroid dienone is 5. The van der Waals surface area contributed by atoms with E-state index in [-0.39, 0.29) is 5.57 Å². The predicted molar refractivity (Wildman–Crippen MR) is 85.1 cm³/mol. The van der Waals surface area contributed by atoms with Crippen molar-refractivity contribution in [1.82, 2.24) is 0 Å². The predicted octanol–water partition coefficient (Wildman–Crippen LogP) is 4.80. The second kappa shape index (κ2) is 7.31. The topological polar surface area (TPSA) is 20.3 Å². The first-order chi connectivity index (χ1) is 10.9. The van der Waals surface area contributed by atoms with Crippen LogP contribution < -0.4 is 4.90 Å². The van der Waals surface area contributed by atoms with Gasteiger partial charge in [-0.2, -0.15) is 13.2 Å².